The van der Waals surface area contributed by atoms with Crippen molar-refractivity contribution in [1.29, 1.82) is 0 Å². The molecule has 0 saturated carbocycles. The van der Waals surface area contributed by atoms with Gasteiger partial charge in [-0.15, -0.1) is 0 Å². The van der Waals surface area contributed by atoms with Gasteiger partial charge in [-0.2, -0.15) is 9.97 Å². The van der Waals surface area contributed by atoms with E-state index in [0.717, 1.165) is 5.39 Å². The Balaban J connectivity index is 2.06. The Bertz CT molecular complexity index is 808. The number of nitrogens with one attached hydrogen (secondary N) is 1. The van der Waals surface area contributed by atoms with Crippen LogP contribution in [0.1, 0.15) is 0 Å². The van der Waals surface area contributed by atoms with E-state index in [1.807, 2.05) is 12.1 Å². The summed E-state index contributed by atoms with van der Waals surface area (Å²) in [4.78, 5) is 12.4. The van der Waals surface area contributed by atoms with Crippen molar-refractivity contribution in [3.05, 3.63) is 41.6 Å². The van der Waals surface area contributed by atoms with E-state index in [1.165, 1.54) is 0 Å². The Morgan fingerprint density at radius 2 is 2.10 bits per heavy atom. The lowest BCUT2D eigenvalue weighted by molar-refractivity contribution is 0.467. The van der Waals surface area contributed by atoms with Crippen molar-refractivity contribution < 1.29 is 4.74 Å². The molecule has 2 heterocycles. The van der Waals surface area contributed by atoms with Gasteiger partial charge in [0.25, 0.3) is 0 Å². The number of hydrogen-bond donors (Lipinski definition) is 2. The summed E-state index contributed by atoms with van der Waals surface area (Å²) in [5.41, 5.74) is 6.31. The number of benzene rings is 1. The third kappa shape index (κ3) is 2.66. The maximum Gasteiger partial charge on any atom is 0.226 e. The second-order valence-electron chi connectivity index (χ2n) is 4.25. The number of rotatable bonds is 3. The van der Waals surface area contributed by atoms with E-state index < -0.39 is 0 Å². The van der Waals surface area contributed by atoms with Crippen LogP contribution in [-0.2, 0) is 0 Å². The number of halogens is 1. The van der Waals surface area contributed by atoms with Crippen LogP contribution in [0.5, 0.6) is 11.6 Å². The molecule has 0 saturated heterocycles. The molecule has 0 aliphatic rings. The fraction of sp³-hybridized carbons (Fsp3) is 0.0714. The standard InChI is InChI=1S/C14H12ClN5O/c1-17-11-7-12(20-14(16)19-11)21-10-5-4-9(15)8-3-2-6-18-13(8)10/h2-7H,1H3,(H3,16,17,19,20). The smallest absolute Gasteiger partial charge is 0.226 e. The van der Waals surface area contributed by atoms with Gasteiger partial charge in [0.15, 0.2) is 5.75 Å². The number of nitrogens with two attached hydrogens (primary N) is 1. The van der Waals surface area contributed by atoms with Gasteiger partial charge in [-0.05, 0) is 24.3 Å². The number of nitrogen functional groups attached to an aromatic ring is 1. The molecule has 3 N–H and O–H groups in total. The van der Waals surface area contributed by atoms with Gasteiger partial charge in [-0.1, -0.05) is 11.6 Å². The van der Waals surface area contributed by atoms with E-state index in [2.05, 4.69) is 20.3 Å². The van der Waals surface area contributed by atoms with E-state index in [4.69, 9.17) is 22.1 Å². The predicted molar refractivity (Wildman–Crippen MR) is 82.8 cm³/mol. The monoisotopic (exact) mass is 301 g/mol. The molecule has 3 aromatic rings. The van der Waals surface area contributed by atoms with Crippen molar-refractivity contribution in [3.63, 3.8) is 0 Å². The van der Waals surface area contributed by atoms with Crippen LogP contribution in [0.15, 0.2) is 36.5 Å². The molecule has 0 radical (unpaired) electrons. The molecule has 0 aliphatic heterocycles. The number of pyridine rings is 1. The van der Waals surface area contributed by atoms with Crippen molar-refractivity contribution in [2.45, 2.75) is 0 Å². The highest BCUT2D eigenvalue weighted by Gasteiger charge is 2.10. The van der Waals surface area contributed by atoms with Crippen molar-refractivity contribution >= 4 is 34.3 Å². The van der Waals surface area contributed by atoms with Crippen LogP contribution in [-0.4, -0.2) is 22.0 Å². The molecule has 0 fully saturated rings. The quantitative estimate of drug-likeness (QED) is 0.773. The summed E-state index contributed by atoms with van der Waals surface area (Å²) >= 11 is 6.15. The zero-order valence-electron chi connectivity index (χ0n) is 11.2. The first-order valence-corrected chi connectivity index (χ1v) is 6.58. The van der Waals surface area contributed by atoms with Crippen molar-refractivity contribution in [3.8, 4) is 11.6 Å². The number of ether oxygens (including phenoxy) is 1. The van der Waals surface area contributed by atoms with Crippen LogP contribution in [0, 0.1) is 0 Å². The molecule has 1 aromatic carbocycles. The van der Waals surface area contributed by atoms with E-state index in [-0.39, 0.29) is 5.95 Å². The third-order valence-corrected chi connectivity index (χ3v) is 3.20. The van der Waals surface area contributed by atoms with Crippen LogP contribution in [0.2, 0.25) is 5.02 Å². The molecule has 21 heavy (non-hydrogen) atoms. The maximum atomic E-state index is 6.15. The zero-order valence-corrected chi connectivity index (χ0v) is 11.9. The molecule has 0 bridgehead atoms. The molecule has 0 aliphatic carbocycles. The first kappa shape index (κ1) is 13.4. The summed E-state index contributed by atoms with van der Waals surface area (Å²) in [5.74, 6) is 1.59. The first-order chi connectivity index (χ1) is 10.2. The van der Waals surface area contributed by atoms with Crippen LogP contribution in [0.25, 0.3) is 10.9 Å². The third-order valence-electron chi connectivity index (χ3n) is 2.87. The fourth-order valence-corrected chi connectivity index (χ4v) is 2.15. The lowest BCUT2D eigenvalue weighted by Gasteiger charge is -2.09. The number of anilines is 2. The minimum absolute atomic E-state index is 0.128. The molecular weight excluding hydrogens is 290 g/mol. The number of nitrogens with zero attached hydrogens (tertiary/aromatic N) is 3. The van der Waals surface area contributed by atoms with Gasteiger partial charge < -0.3 is 15.8 Å². The second kappa shape index (κ2) is 5.41. The second-order valence-corrected chi connectivity index (χ2v) is 4.65. The van der Waals surface area contributed by atoms with Gasteiger partial charge in [0, 0.05) is 24.7 Å². The molecule has 2 aromatic heterocycles. The van der Waals surface area contributed by atoms with Crippen molar-refractivity contribution in [2.24, 2.45) is 0 Å². The van der Waals surface area contributed by atoms with Gasteiger partial charge in [0.05, 0.1) is 5.02 Å². The lowest BCUT2D eigenvalue weighted by Crippen LogP contribution is -2.01. The van der Waals surface area contributed by atoms with Crippen LogP contribution in [0.3, 0.4) is 0 Å². The highest BCUT2D eigenvalue weighted by Crippen LogP contribution is 2.32. The van der Waals surface area contributed by atoms with E-state index >= 15 is 0 Å². The van der Waals surface area contributed by atoms with E-state index in [1.54, 1.807) is 31.4 Å². The van der Waals surface area contributed by atoms with E-state index in [0.29, 0.717) is 28.0 Å². The highest BCUT2D eigenvalue weighted by molar-refractivity contribution is 6.35. The first-order valence-electron chi connectivity index (χ1n) is 6.21. The molecule has 6 nitrogen and oxygen atoms in total. The summed E-state index contributed by atoms with van der Waals surface area (Å²) in [6, 6.07) is 8.85. The Hall–Kier alpha value is -2.60. The molecule has 0 atom stereocenters. The minimum atomic E-state index is 0.128. The topological polar surface area (TPSA) is 86.0 Å². The Morgan fingerprint density at radius 1 is 1.24 bits per heavy atom. The van der Waals surface area contributed by atoms with Crippen LogP contribution < -0.4 is 15.8 Å². The van der Waals surface area contributed by atoms with Crippen LogP contribution in [0.4, 0.5) is 11.8 Å². The number of aromatic nitrogens is 3. The molecular formula is C14H12ClN5O. The molecule has 0 spiro atoms. The summed E-state index contributed by atoms with van der Waals surface area (Å²) in [5, 5.41) is 4.32. The molecule has 0 amide bonds. The fourth-order valence-electron chi connectivity index (χ4n) is 1.93. The Labute approximate surface area is 126 Å². The highest BCUT2D eigenvalue weighted by atomic mass is 35.5. The summed E-state index contributed by atoms with van der Waals surface area (Å²) in [6.45, 7) is 0. The average Bonchev–Trinajstić information content (AvgIpc) is 2.50. The van der Waals surface area contributed by atoms with E-state index in [9.17, 15) is 0 Å². The normalized spacial score (nSPS) is 10.6. The van der Waals surface area contributed by atoms with Crippen molar-refractivity contribution in [2.75, 3.05) is 18.1 Å². The van der Waals surface area contributed by atoms with Crippen molar-refractivity contribution in [1.82, 2.24) is 15.0 Å². The largest absolute Gasteiger partial charge is 0.436 e. The molecule has 0 unspecified atom stereocenters. The lowest BCUT2D eigenvalue weighted by atomic mass is 10.2. The summed E-state index contributed by atoms with van der Waals surface area (Å²) in [7, 11) is 1.74. The molecule has 106 valence electrons. The Morgan fingerprint density at radius 3 is 2.90 bits per heavy atom. The van der Waals surface area contributed by atoms with Gasteiger partial charge in [0.2, 0.25) is 11.8 Å². The summed E-state index contributed by atoms with van der Waals surface area (Å²) in [6.07, 6.45) is 1.68. The van der Waals surface area contributed by atoms with Crippen LogP contribution >= 0.6 is 11.6 Å². The van der Waals surface area contributed by atoms with Gasteiger partial charge in [-0.25, -0.2) is 0 Å². The van der Waals surface area contributed by atoms with Gasteiger partial charge >= 0.3 is 0 Å². The average molecular weight is 302 g/mol. The Kier molecular flexibility index (Phi) is 3.45. The number of hydrogen-bond acceptors (Lipinski definition) is 6. The maximum absolute atomic E-state index is 6.15. The number of fused-ring (bicyclic) bond motifs is 1. The molecule has 7 heteroatoms. The van der Waals surface area contributed by atoms with Gasteiger partial charge in [-0.3, -0.25) is 4.98 Å². The minimum Gasteiger partial charge on any atom is -0.436 e. The SMILES string of the molecule is CNc1cc(Oc2ccc(Cl)c3cccnc23)nc(N)n1. The molecule has 3 rings (SSSR count). The predicted octanol–water partition coefficient (Wildman–Crippen LogP) is 3.09. The summed E-state index contributed by atoms with van der Waals surface area (Å²) < 4.78 is 5.78. The zero-order chi connectivity index (χ0) is 14.8. The van der Waals surface area contributed by atoms with Gasteiger partial charge in [0.1, 0.15) is 11.3 Å².